The van der Waals surface area contributed by atoms with E-state index in [0.717, 1.165) is 16.2 Å². The topological polar surface area (TPSA) is 49.4 Å². The van der Waals surface area contributed by atoms with Gasteiger partial charge in [0, 0.05) is 28.1 Å². The van der Waals surface area contributed by atoms with Crippen LogP contribution in [0.15, 0.2) is 51.8 Å². The second-order valence-electron chi connectivity index (χ2n) is 5.14. The molecule has 0 spiro atoms. The van der Waals surface area contributed by atoms with Crippen molar-refractivity contribution in [2.75, 3.05) is 18.4 Å². The van der Waals surface area contributed by atoms with Gasteiger partial charge in [0.25, 0.3) is 11.1 Å². The van der Waals surface area contributed by atoms with Gasteiger partial charge < -0.3 is 10.2 Å². The van der Waals surface area contributed by atoms with Gasteiger partial charge in [0.05, 0.1) is 5.56 Å². The van der Waals surface area contributed by atoms with E-state index in [1.54, 1.807) is 23.1 Å². The fourth-order valence-electron chi connectivity index (χ4n) is 2.14. The Kier molecular flexibility index (Phi) is 7.01. The third-order valence-electron chi connectivity index (χ3n) is 3.51. The van der Waals surface area contributed by atoms with E-state index in [1.807, 2.05) is 13.8 Å². The highest BCUT2D eigenvalue weighted by molar-refractivity contribution is 9.10. The lowest BCUT2D eigenvalue weighted by Crippen LogP contribution is -2.27. The van der Waals surface area contributed by atoms with Crippen molar-refractivity contribution in [3.8, 4) is 0 Å². The van der Waals surface area contributed by atoms with Gasteiger partial charge in [-0.15, -0.1) is 0 Å². The Morgan fingerprint density at radius 3 is 2.36 bits per heavy atom. The summed E-state index contributed by atoms with van der Waals surface area (Å²) in [6.07, 6.45) is 0. The van der Waals surface area contributed by atoms with Gasteiger partial charge in [0.1, 0.15) is 5.82 Å². The Hall–Kier alpha value is -1.86. The van der Waals surface area contributed by atoms with E-state index in [0.29, 0.717) is 29.2 Å². The van der Waals surface area contributed by atoms with Gasteiger partial charge in [-0.2, -0.15) is 0 Å². The molecule has 2 aromatic carbocycles. The SMILES string of the molecule is CCN(CC)C(=O)Sc1ccc(Br)cc1C(=O)Nc1ccc(F)cc1. The van der Waals surface area contributed by atoms with E-state index in [4.69, 9.17) is 0 Å². The monoisotopic (exact) mass is 424 g/mol. The van der Waals surface area contributed by atoms with Crippen molar-refractivity contribution >= 4 is 44.5 Å². The minimum Gasteiger partial charge on any atom is -0.334 e. The number of nitrogens with zero attached hydrogens (tertiary/aromatic N) is 1. The van der Waals surface area contributed by atoms with Crippen molar-refractivity contribution in [1.82, 2.24) is 4.90 Å². The van der Waals surface area contributed by atoms with Crippen LogP contribution in [-0.2, 0) is 0 Å². The number of nitrogens with one attached hydrogen (secondary N) is 1. The van der Waals surface area contributed by atoms with Gasteiger partial charge in [-0.25, -0.2) is 4.39 Å². The maximum absolute atomic E-state index is 13.0. The standard InChI is InChI=1S/C18H18BrFN2O2S/c1-3-22(4-2)18(24)25-16-10-5-12(19)11-15(16)17(23)21-14-8-6-13(20)7-9-14/h5-11H,3-4H2,1-2H3,(H,21,23). The lowest BCUT2D eigenvalue weighted by Gasteiger charge is -2.18. The second-order valence-corrected chi connectivity index (χ2v) is 7.05. The molecule has 0 saturated heterocycles. The Bertz CT molecular complexity index is 764. The zero-order valence-corrected chi connectivity index (χ0v) is 16.3. The smallest absolute Gasteiger partial charge is 0.286 e. The fourth-order valence-corrected chi connectivity index (χ4v) is 3.47. The van der Waals surface area contributed by atoms with E-state index in [9.17, 15) is 14.0 Å². The van der Waals surface area contributed by atoms with E-state index in [1.165, 1.54) is 24.3 Å². The van der Waals surface area contributed by atoms with Gasteiger partial charge in [-0.05, 0) is 68.1 Å². The lowest BCUT2D eigenvalue weighted by molar-refractivity contribution is 0.102. The summed E-state index contributed by atoms with van der Waals surface area (Å²) >= 11 is 4.37. The molecule has 0 radical (unpaired) electrons. The first-order valence-electron chi connectivity index (χ1n) is 7.77. The zero-order valence-electron chi connectivity index (χ0n) is 13.9. The molecule has 0 saturated carbocycles. The van der Waals surface area contributed by atoms with Gasteiger partial charge in [0.2, 0.25) is 0 Å². The average molecular weight is 425 g/mol. The molecular weight excluding hydrogens is 407 g/mol. The first-order valence-corrected chi connectivity index (χ1v) is 9.38. The van der Waals surface area contributed by atoms with Crippen molar-refractivity contribution < 1.29 is 14.0 Å². The summed E-state index contributed by atoms with van der Waals surface area (Å²) < 4.78 is 13.7. The van der Waals surface area contributed by atoms with Crippen LogP contribution < -0.4 is 5.32 Å². The Balaban J connectivity index is 2.24. The molecule has 7 heteroatoms. The molecule has 4 nitrogen and oxygen atoms in total. The molecule has 0 aliphatic heterocycles. The number of halogens is 2. The molecule has 0 heterocycles. The van der Waals surface area contributed by atoms with Crippen molar-refractivity contribution in [3.05, 3.63) is 58.3 Å². The summed E-state index contributed by atoms with van der Waals surface area (Å²) in [6, 6.07) is 10.7. The third kappa shape index (κ3) is 5.31. The molecule has 0 unspecified atom stereocenters. The van der Waals surface area contributed by atoms with Gasteiger partial charge >= 0.3 is 0 Å². The summed E-state index contributed by atoms with van der Waals surface area (Å²) in [5, 5.41) is 2.61. The molecule has 1 N–H and O–H groups in total. The normalized spacial score (nSPS) is 10.4. The van der Waals surface area contributed by atoms with Crippen LogP contribution in [0, 0.1) is 5.82 Å². The second kappa shape index (κ2) is 9.01. The molecule has 0 atom stereocenters. The number of hydrogen-bond donors (Lipinski definition) is 1. The molecule has 132 valence electrons. The van der Waals surface area contributed by atoms with Crippen LogP contribution in [0.3, 0.4) is 0 Å². The molecule has 0 aliphatic rings. The Morgan fingerprint density at radius 2 is 1.76 bits per heavy atom. The quantitative estimate of drug-likeness (QED) is 0.654. The maximum Gasteiger partial charge on any atom is 0.286 e. The number of thioether (sulfide) groups is 1. The largest absolute Gasteiger partial charge is 0.334 e. The highest BCUT2D eigenvalue weighted by atomic mass is 79.9. The number of hydrogen-bond acceptors (Lipinski definition) is 3. The van der Waals surface area contributed by atoms with Crippen molar-refractivity contribution in [2.45, 2.75) is 18.7 Å². The van der Waals surface area contributed by atoms with Crippen molar-refractivity contribution in [2.24, 2.45) is 0 Å². The summed E-state index contributed by atoms with van der Waals surface area (Å²) in [7, 11) is 0. The predicted molar refractivity (Wildman–Crippen MR) is 103 cm³/mol. The summed E-state index contributed by atoms with van der Waals surface area (Å²) in [5.74, 6) is -0.732. The fraction of sp³-hybridized carbons (Fsp3) is 0.222. The van der Waals surface area contributed by atoms with Crippen LogP contribution in [0.4, 0.5) is 14.9 Å². The lowest BCUT2D eigenvalue weighted by atomic mass is 10.2. The van der Waals surface area contributed by atoms with E-state index in [-0.39, 0.29) is 17.0 Å². The van der Waals surface area contributed by atoms with Crippen LogP contribution >= 0.6 is 27.7 Å². The van der Waals surface area contributed by atoms with Crippen LogP contribution in [0.25, 0.3) is 0 Å². The maximum atomic E-state index is 13.0. The molecule has 2 aromatic rings. The Labute approximate surface area is 158 Å². The number of benzene rings is 2. The summed E-state index contributed by atoms with van der Waals surface area (Å²) in [5.41, 5.74) is 0.863. The highest BCUT2D eigenvalue weighted by Gasteiger charge is 2.18. The molecule has 0 aromatic heterocycles. The van der Waals surface area contributed by atoms with Crippen LogP contribution in [0.1, 0.15) is 24.2 Å². The van der Waals surface area contributed by atoms with Crippen LogP contribution in [0.5, 0.6) is 0 Å². The van der Waals surface area contributed by atoms with E-state index in [2.05, 4.69) is 21.2 Å². The first kappa shape index (κ1) is 19.5. The van der Waals surface area contributed by atoms with Crippen molar-refractivity contribution in [3.63, 3.8) is 0 Å². The average Bonchev–Trinajstić information content (AvgIpc) is 2.59. The van der Waals surface area contributed by atoms with Gasteiger partial charge in [-0.3, -0.25) is 9.59 Å². The first-order chi connectivity index (χ1) is 11.9. The number of carbonyl (C=O) groups excluding carboxylic acids is 2. The molecule has 25 heavy (non-hydrogen) atoms. The molecular formula is C18H18BrFN2O2S. The molecule has 0 bridgehead atoms. The summed E-state index contributed by atoms with van der Waals surface area (Å²) in [4.78, 5) is 27.2. The number of carbonyl (C=O) groups is 2. The number of anilines is 1. The number of rotatable bonds is 5. The summed E-state index contributed by atoms with van der Waals surface area (Å²) in [6.45, 7) is 5.03. The molecule has 2 rings (SSSR count). The molecule has 2 amide bonds. The molecule has 0 aliphatic carbocycles. The minimum absolute atomic E-state index is 0.108. The highest BCUT2D eigenvalue weighted by Crippen LogP contribution is 2.29. The van der Waals surface area contributed by atoms with Gasteiger partial charge in [-0.1, -0.05) is 15.9 Å². The van der Waals surface area contributed by atoms with Gasteiger partial charge in [0.15, 0.2) is 0 Å². The third-order valence-corrected chi connectivity index (χ3v) is 5.01. The van der Waals surface area contributed by atoms with E-state index >= 15 is 0 Å². The Morgan fingerprint density at radius 1 is 1.12 bits per heavy atom. The minimum atomic E-state index is -0.374. The van der Waals surface area contributed by atoms with E-state index < -0.39 is 0 Å². The van der Waals surface area contributed by atoms with Crippen LogP contribution in [0.2, 0.25) is 0 Å². The zero-order chi connectivity index (χ0) is 18.4. The van der Waals surface area contributed by atoms with Crippen LogP contribution in [-0.4, -0.2) is 29.1 Å². The van der Waals surface area contributed by atoms with Crippen molar-refractivity contribution in [1.29, 1.82) is 0 Å². The number of amides is 2. The predicted octanol–water partition coefficient (Wildman–Crippen LogP) is 5.39. The molecule has 0 fully saturated rings.